The Morgan fingerprint density at radius 3 is 2.19 bits per heavy atom. The molecule has 8 nitrogen and oxygen atoms in total. The molecule has 0 aromatic rings. The molecule has 1 aliphatic rings. The number of ether oxygens (including phenoxy) is 1. The molecule has 0 spiro atoms. The van der Waals surface area contributed by atoms with Gasteiger partial charge in [0, 0.05) is 36.6 Å². The highest BCUT2D eigenvalue weighted by atomic mass is 17.2. The minimum atomic E-state index is -0.600. The largest absolute Gasteiger partial charge is 0.377 e. The van der Waals surface area contributed by atoms with E-state index in [0.717, 1.165) is 31.3 Å². The van der Waals surface area contributed by atoms with Crippen LogP contribution in [0.2, 0.25) is 0 Å². The van der Waals surface area contributed by atoms with Crippen molar-refractivity contribution in [3.05, 3.63) is 12.2 Å². The number of nitrogens with zero attached hydrogens (tertiary/aromatic N) is 1. The first-order valence-corrected chi connectivity index (χ1v) is 13.3. The van der Waals surface area contributed by atoms with Crippen LogP contribution >= 0.6 is 0 Å². The van der Waals surface area contributed by atoms with E-state index in [-0.39, 0.29) is 41.8 Å². The molecular formula is C28H50N2O6. The molecule has 1 aliphatic heterocycles. The molecule has 0 radical (unpaired) electrons. The standard InChI is InChI=1S/C28H50N2O6/c1-10-24(32)30-26(4,5)18-22(19-27(30,6)7)29-23(31)14-15-25(33)35-36-28(8,9)16-12-11-13-17-34-20-21(2)3/h22H,2,10-20H2,1,3-9H3,(H,29,31). The van der Waals surface area contributed by atoms with E-state index >= 15 is 0 Å². The normalized spacial score (nSPS) is 17.5. The van der Waals surface area contributed by atoms with Gasteiger partial charge in [0.25, 0.3) is 0 Å². The van der Waals surface area contributed by atoms with Gasteiger partial charge in [-0.1, -0.05) is 31.9 Å². The minimum absolute atomic E-state index is 0.0295. The lowest BCUT2D eigenvalue weighted by atomic mass is 9.76. The van der Waals surface area contributed by atoms with E-state index < -0.39 is 11.6 Å². The second-order valence-electron chi connectivity index (χ2n) is 12.0. The number of piperidine rings is 1. The van der Waals surface area contributed by atoms with Crippen molar-refractivity contribution in [1.29, 1.82) is 0 Å². The summed E-state index contributed by atoms with van der Waals surface area (Å²) in [6, 6.07) is -0.0687. The Hall–Kier alpha value is -1.93. The van der Waals surface area contributed by atoms with Crippen molar-refractivity contribution >= 4 is 17.8 Å². The summed E-state index contributed by atoms with van der Waals surface area (Å²) in [6.07, 6.45) is 5.38. The Bertz CT molecular complexity index is 741. The predicted molar refractivity (Wildman–Crippen MR) is 141 cm³/mol. The van der Waals surface area contributed by atoms with E-state index in [9.17, 15) is 14.4 Å². The van der Waals surface area contributed by atoms with Gasteiger partial charge in [-0.15, -0.1) is 0 Å². The highest BCUT2D eigenvalue weighted by Gasteiger charge is 2.47. The average Bonchev–Trinajstić information content (AvgIpc) is 2.73. The summed E-state index contributed by atoms with van der Waals surface area (Å²) >= 11 is 0. The second-order valence-corrected chi connectivity index (χ2v) is 12.0. The van der Waals surface area contributed by atoms with Crippen molar-refractivity contribution < 1.29 is 28.9 Å². The predicted octanol–water partition coefficient (Wildman–Crippen LogP) is 5.25. The molecule has 1 saturated heterocycles. The maximum Gasteiger partial charge on any atom is 0.342 e. The summed E-state index contributed by atoms with van der Waals surface area (Å²) in [7, 11) is 0. The van der Waals surface area contributed by atoms with Crippen LogP contribution in [-0.4, -0.2) is 58.6 Å². The monoisotopic (exact) mass is 510 g/mol. The second kappa shape index (κ2) is 14.1. The van der Waals surface area contributed by atoms with Crippen LogP contribution < -0.4 is 5.32 Å². The van der Waals surface area contributed by atoms with Crippen molar-refractivity contribution in [2.75, 3.05) is 13.2 Å². The lowest BCUT2D eigenvalue weighted by molar-refractivity contribution is -0.326. The van der Waals surface area contributed by atoms with Gasteiger partial charge in [-0.05, 0) is 74.1 Å². The fourth-order valence-electron chi connectivity index (χ4n) is 5.15. The molecule has 1 N–H and O–H groups in total. The topological polar surface area (TPSA) is 94.2 Å². The van der Waals surface area contributed by atoms with Crippen LogP contribution in [0.4, 0.5) is 0 Å². The van der Waals surface area contributed by atoms with Gasteiger partial charge in [0.2, 0.25) is 11.8 Å². The average molecular weight is 511 g/mol. The number of hydrogen-bond donors (Lipinski definition) is 1. The molecule has 0 atom stereocenters. The third-order valence-corrected chi connectivity index (χ3v) is 6.45. The van der Waals surface area contributed by atoms with Gasteiger partial charge in [-0.3, -0.25) is 14.5 Å². The number of carbonyl (C=O) groups is 3. The summed E-state index contributed by atoms with van der Waals surface area (Å²) in [4.78, 5) is 49.5. The first-order valence-electron chi connectivity index (χ1n) is 13.3. The highest BCUT2D eigenvalue weighted by molar-refractivity contribution is 5.81. The van der Waals surface area contributed by atoms with Gasteiger partial charge in [-0.2, -0.15) is 4.89 Å². The Kier molecular flexibility index (Phi) is 12.6. The molecule has 0 unspecified atom stereocenters. The zero-order chi connectivity index (χ0) is 27.6. The first-order chi connectivity index (χ1) is 16.6. The van der Waals surface area contributed by atoms with Crippen molar-refractivity contribution in [3.63, 3.8) is 0 Å². The van der Waals surface area contributed by atoms with Gasteiger partial charge in [0.15, 0.2) is 0 Å². The van der Waals surface area contributed by atoms with E-state index in [1.165, 1.54) is 0 Å². The Labute approximate surface area is 218 Å². The maximum absolute atomic E-state index is 12.5. The molecule has 0 aromatic carbocycles. The zero-order valence-electron chi connectivity index (χ0n) is 24.0. The fraction of sp³-hybridized carbons (Fsp3) is 0.821. The summed E-state index contributed by atoms with van der Waals surface area (Å²) in [5.74, 6) is -0.643. The molecule has 1 fully saturated rings. The van der Waals surface area contributed by atoms with Crippen molar-refractivity contribution in [2.24, 2.45) is 0 Å². The van der Waals surface area contributed by atoms with Gasteiger partial charge in [0.05, 0.1) is 13.0 Å². The molecule has 8 heteroatoms. The molecule has 0 aromatic heterocycles. The fourth-order valence-corrected chi connectivity index (χ4v) is 5.15. The number of amides is 2. The molecular weight excluding hydrogens is 460 g/mol. The molecule has 1 rings (SSSR count). The molecule has 0 aliphatic carbocycles. The third kappa shape index (κ3) is 11.4. The van der Waals surface area contributed by atoms with Crippen LogP contribution in [0.5, 0.6) is 0 Å². The number of unbranched alkanes of at least 4 members (excludes halogenated alkanes) is 2. The minimum Gasteiger partial charge on any atom is -0.377 e. The molecule has 36 heavy (non-hydrogen) atoms. The van der Waals surface area contributed by atoms with Gasteiger partial charge in [-0.25, -0.2) is 4.79 Å². The van der Waals surface area contributed by atoms with Crippen LogP contribution in [0.3, 0.4) is 0 Å². The molecule has 208 valence electrons. The van der Waals surface area contributed by atoms with Gasteiger partial charge < -0.3 is 15.0 Å². The lowest BCUT2D eigenvalue weighted by Gasteiger charge is -2.55. The highest BCUT2D eigenvalue weighted by Crippen LogP contribution is 2.39. The summed E-state index contributed by atoms with van der Waals surface area (Å²) in [6.45, 7) is 20.8. The molecule has 0 saturated carbocycles. The molecule has 2 amide bonds. The number of rotatable bonds is 15. The van der Waals surface area contributed by atoms with Gasteiger partial charge >= 0.3 is 5.97 Å². The van der Waals surface area contributed by atoms with Crippen LogP contribution in [0.15, 0.2) is 12.2 Å². The summed E-state index contributed by atoms with van der Waals surface area (Å²) in [5.41, 5.74) is -0.328. The Morgan fingerprint density at radius 2 is 1.64 bits per heavy atom. The zero-order valence-corrected chi connectivity index (χ0v) is 24.0. The van der Waals surface area contributed by atoms with E-state index in [1.807, 2.05) is 60.3 Å². The van der Waals surface area contributed by atoms with E-state index in [1.54, 1.807) is 0 Å². The van der Waals surface area contributed by atoms with Crippen molar-refractivity contribution in [2.45, 2.75) is 136 Å². The van der Waals surface area contributed by atoms with E-state index in [2.05, 4.69) is 11.9 Å². The number of carbonyl (C=O) groups excluding carboxylic acids is 3. The van der Waals surface area contributed by atoms with E-state index in [4.69, 9.17) is 14.5 Å². The van der Waals surface area contributed by atoms with Crippen LogP contribution in [0, 0.1) is 0 Å². The molecule has 0 bridgehead atoms. The van der Waals surface area contributed by atoms with Crippen LogP contribution in [0.1, 0.15) is 113 Å². The third-order valence-electron chi connectivity index (χ3n) is 6.45. The SMILES string of the molecule is C=C(C)COCCCCCC(C)(C)OOC(=O)CCC(=O)NC1CC(C)(C)N(C(=O)CC)C(C)(C)C1. The summed E-state index contributed by atoms with van der Waals surface area (Å²) in [5, 5.41) is 3.05. The quantitative estimate of drug-likeness (QED) is 0.140. The maximum atomic E-state index is 12.5. The first kappa shape index (κ1) is 32.1. The molecule has 1 heterocycles. The number of hydrogen-bond acceptors (Lipinski definition) is 6. The Balaban J connectivity index is 2.35. The van der Waals surface area contributed by atoms with E-state index in [0.29, 0.717) is 32.5 Å². The van der Waals surface area contributed by atoms with Crippen LogP contribution in [0.25, 0.3) is 0 Å². The van der Waals surface area contributed by atoms with Crippen molar-refractivity contribution in [1.82, 2.24) is 10.2 Å². The number of likely N-dealkylation sites (tertiary alicyclic amines) is 1. The van der Waals surface area contributed by atoms with Gasteiger partial charge in [0.1, 0.15) is 5.60 Å². The van der Waals surface area contributed by atoms with Crippen LogP contribution in [-0.2, 0) is 28.9 Å². The smallest absolute Gasteiger partial charge is 0.342 e. The number of nitrogens with one attached hydrogen (secondary N) is 1. The lowest BCUT2D eigenvalue weighted by Crippen LogP contribution is -2.65. The summed E-state index contributed by atoms with van der Waals surface area (Å²) < 4.78 is 5.49. The van der Waals surface area contributed by atoms with Crippen molar-refractivity contribution in [3.8, 4) is 0 Å². The Morgan fingerprint density at radius 1 is 1.03 bits per heavy atom.